The number of rotatable bonds is 17. The molecule has 28 heavy (non-hydrogen) atoms. The van der Waals surface area contributed by atoms with Crippen molar-refractivity contribution in [2.45, 2.75) is 77.0 Å². The minimum atomic E-state index is -0.215. The molecule has 4 heteroatoms. The summed E-state index contributed by atoms with van der Waals surface area (Å²) in [6, 6.07) is 0. The van der Waals surface area contributed by atoms with Gasteiger partial charge in [0.25, 0.3) is 0 Å². The van der Waals surface area contributed by atoms with E-state index >= 15 is 0 Å². The van der Waals surface area contributed by atoms with Crippen molar-refractivity contribution in [1.82, 2.24) is 5.32 Å². The van der Waals surface area contributed by atoms with Gasteiger partial charge in [-0.15, -0.1) is 13.2 Å². The van der Waals surface area contributed by atoms with Crippen LogP contribution in [0.25, 0.3) is 0 Å². The van der Waals surface area contributed by atoms with Gasteiger partial charge < -0.3 is 10.1 Å². The second kappa shape index (κ2) is 14.9. The van der Waals surface area contributed by atoms with Crippen LogP contribution in [0.3, 0.4) is 0 Å². The fourth-order valence-corrected chi connectivity index (χ4v) is 3.37. The van der Waals surface area contributed by atoms with E-state index in [0.717, 1.165) is 44.9 Å². The third-order valence-corrected chi connectivity index (χ3v) is 4.98. The van der Waals surface area contributed by atoms with E-state index < -0.39 is 0 Å². The lowest BCUT2D eigenvalue weighted by molar-refractivity contribution is -0.118. The predicted octanol–water partition coefficient (Wildman–Crippen LogP) is 5.57. The summed E-state index contributed by atoms with van der Waals surface area (Å²) >= 11 is 0. The van der Waals surface area contributed by atoms with Crippen LogP contribution in [-0.4, -0.2) is 25.2 Å². The molecule has 1 N–H and O–H groups in total. The van der Waals surface area contributed by atoms with Gasteiger partial charge in [-0.05, 0) is 44.9 Å². The van der Waals surface area contributed by atoms with Gasteiger partial charge >= 0.3 is 0 Å². The molecule has 0 atom stereocenters. The molecule has 156 valence electrons. The number of nitrogens with one attached hydrogen (secondary N) is 1. The molecule has 0 heterocycles. The van der Waals surface area contributed by atoms with Gasteiger partial charge in [0, 0.05) is 18.2 Å². The van der Waals surface area contributed by atoms with Crippen molar-refractivity contribution in [2.75, 3.05) is 13.7 Å². The number of carbonyl (C=O) groups is 2. The Bertz CT molecular complexity index is 587. The third kappa shape index (κ3) is 8.73. The van der Waals surface area contributed by atoms with Gasteiger partial charge in [-0.25, -0.2) is 0 Å². The second-order valence-electron chi connectivity index (χ2n) is 7.28. The first kappa shape index (κ1) is 23.9. The van der Waals surface area contributed by atoms with Crippen molar-refractivity contribution in [3.8, 4) is 0 Å². The Hall–Kier alpha value is -2.10. The Labute approximate surface area is 170 Å². The highest BCUT2D eigenvalue weighted by molar-refractivity contribution is 6.21. The van der Waals surface area contributed by atoms with E-state index in [2.05, 4.69) is 18.5 Å². The first-order chi connectivity index (χ1) is 13.7. The summed E-state index contributed by atoms with van der Waals surface area (Å²) in [4.78, 5) is 25.1. The Morgan fingerprint density at radius 3 is 2.07 bits per heavy atom. The average Bonchev–Trinajstić information content (AvgIpc) is 2.69. The lowest BCUT2D eigenvalue weighted by Crippen LogP contribution is -2.29. The molecule has 0 fully saturated rings. The maximum atomic E-state index is 12.8. The summed E-state index contributed by atoms with van der Waals surface area (Å²) in [5.74, 6) is -0.0934. The SMILES string of the molecule is C=CCCCCCCCCCC1=C(OC)C(=O)C=C(NCCCCC=C)C1=O. The lowest BCUT2D eigenvalue weighted by atomic mass is 9.93. The van der Waals surface area contributed by atoms with Crippen LogP contribution in [0.5, 0.6) is 0 Å². The van der Waals surface area contributed by atoms with Crippen molar-refractivity contribution in [1.29, 1.82) is 0 Å². The minimum absolute atomic E-state index is 0.0930. The average molecular weight is 388 g/mol. The maximum absolute atomic E-state index is 12.8. The second-order valence-corrected chi connectivity index (χ2v) is 7.28. The van der Waals surface area contributed by atoms with Crippen molar-refractivity contribution in [2.24, 2.45) is 0 Å². The first-order valence-corrected chi connectivity index (χ1v) is 10.7. The first-order valence-electron chi connectivity index (χ1n) is 10.7. The molecule has 0 aromatic heterocycles. The minimum Gasteiger partial charge on any atom is -0.492 e. The van der Waals surface area contributed by atoms with E-state index in [9.17, 15) is 9.59 Å². The summed E-state index contributed by atoms with van der Waals surface area (Å²) in [5, 5.41) is 3.13. The molecule has 1 rings (SSSR count). The van der Waals surface area contributed by atoms with Crippen molar-refractivity contribution < 1.29 is 14.3 Å². The number of ether oxygens (including phenoxy) is 1. The zero-order chi connectivity index (χ0) is 20.6. The van der Waals surface area contributed by atoms with Gasteiger partial charge in [-0.1, -0.05) is 44.3 Å². The molecular formula is C24H37NO3. The zero-order valence-electron chi connectivity index (χ0n) is 17.6. The lowest BCUT2D eigenvalue weighted by Gasteiger charge is -2.19. The molecule has 0 saturated heterocycles. The van der Waals surface area contributed by atoms with E-state index in [4.69, 9.17) is 4.74 Å². The van der Waals surface area contributed by atoms with E-state index in [0.29, 0.717) is 24.2 Å². The highest BCUT2D eigenvalue weighted by Gasteiger charge is 2.28. The summed E-state index contributed by atoms with van der Waals surface area (Å²) in [7, 11) is 1.46. The number of hydrogen-bond acceptors (Lipinski definition) is 4. The molecule has 0 aliphatic heterocycles. The number of ketones is 2. The number of unbranched alkanes of at least 4 members (excludes halogenated alkanes) is 9. The standard InChI is InChI=1S/C24H37NO3/c1-4-6-8-10-11-12-13-14-15-17-20-23(27)21(19-22(26)24(20)28-3)25-18-16-9-7-5-2/h4-5,19,25H,1-2,6-18H2,3H3. The highest BCUT2D eigenvalue weighted by Crippen LogP contribution is 2.24. The maximum Gasteiger partial charge on any atom is 0.222 e. The number of Topliss-reactive ketones (excluding diaryl/α,β-unsaturated/α-hetero) is 1. The van der Waals surface area contributed by atoms with Gasteiger partial charge in [0.1, 0.15) is 0 Å². The van der Waals surface area contributed by atoms with Crippen LogP contribution in [0, 0.1) is 0 Å². The molecule has 0 bridgehead atoms. The van der Waals surface area contributed by atoms with Crippen LogP contribution in [0.2, 0.25) is 0 Å². The third-order valence-electron chi connectivity index (χ3n) is 4.98. The molecule has 4 nitrogen and oxygen atoms in total. The fraction of sp³-hybridized carbons (Fsp3) is 0.583. The molecule has 0 aromatic rings. The smallest absolute Gasteiger partial charge is 0.222 e. The topological polar surface area (TPSA) is 55.4 Å². The van der Waals surface area contributed by atoms with Crippen LogP contribution >= 0.6 is 0 Å². The molecule has 0 unspecified atom stereocenters. The molecule has 0 saturated carbocycles. The number of allylic oxidation sites excluding steroid dienone is 4. The predicted molar refractivity (Wildman–Crippen MR) is 116 cm³/mol. The normalized spacial score (nSPS) is 14.1. The van der Waals surface area contributed by atoms with Crippen LogP contribution in [0.4, 0.5) is 0 Å². The number of carbonyl (C=O) groups excluding carboxylic acids is 2. The van der Waals surface area contributed by atoms with E-state index in [1.807, 2.05) is 12.2 Å². The monoisotopic (exact) mass is 387 g/mol. The molecule has 1 aliphatic rings. The Morgan fingerprint density at radius 1 is 0.893 bits per heavy atom. The van der Waals surface area contributed by atoms with Crippen LogP contribution in [0.1, 0.15) is 77.0 Å². The van der Waals surface area contributed by atoms with E-state index in [-0.39, 0.29) is 17.3 Å². The van der Waals surface area contributed by atoms with Gasteiger partial charge in [0.05, 0.1) is 12.8 Å². The quantitative estimate of drug-likeness (QED) is 0.201. The van der Waals surface area contributed by atoms with Gasteiger partial charge in [-0.2, -0.15) is 0 Å². The zero-order valence-corrected chi connectivity index (χ0v) is 17.6. The summed E-state index contributed by atoms with van der Waals surface area (Å²) in [6.45, 7) is 8.13. The van der Waals surface area contributed by atoms with Crippen LogP contribution in [0.15, 0.2) is 48.4 Å². The molecule has 0 amide bonds. The summed E-state index contributed by atoms with van der Waals surface area (Å²) < 4.78 is 5.24. The van der Waals surface area contributed by atoms with Crippen molar-refractivity contribution in [3.63, 3.8) is 0 Å². The van der Waals surface area contributed by atoms with Gasteiger partial charge in [-0.3, -0.25) is 9.59 Å². The van der Waals surface area contributed by atoms with E-state index in [1.54, 1.807) is 0 Å². The van der Waals surface area contributed by atoms with Gasteiger partial charge in [0.2, 0.25) is 11.6 Å². The fourth-order valence-electron chi connectivity index (χ4n) is 3.37. The van der Waals surface area contributed by atoms with Crippen LogP contribution < -0.4 is 5.32 Å². The van der Waals surface area contributed by atoms with Crippen molar-refractivity contribution in [3.05, 3.63) is 48.4 Å². The van der Waals surface area contributed by atoms with Crippen molar-refractivity contribution >= 4 is 11.6 Å². The van der Waals surface area contributed by atoms with E-state index in [1.165, 1.54) is 38.9 Å². The molecule has 0 spiro atoms. The largest absolute Gasteiger partial charge is 0.492 e. The number of hydrogen-bond donors (Lipinski definition) is 1. The van der Waals surface area contributed by atoms with Crippen LogP contribution in [-0.2, 0) is 14.3 Å². The molecular weight excluding hydrogens is 350 g/mol. The Kier molecular flexibility index (Phi) is 12.7. The van der Waals surface area contributed by atoms with Gasteiger partial charge in [0.15, 0.2) is 5.76 Å². The number of methoxy groups -OCH3 is 1. The Balaban J connectivity index is 2.42. The Morgan fingerprint density at radius 2 is 1.46 bits per heavy atom. The summed E-state index contributed by atoms with van der Waals surface area (Å²) in [5.41, 5.74) is 0.927. The highest BCUT2D eigenvalue weighted by atomic mass is 16.5. The molecule has 0 aromatic carbocycles. The molecule has 1 aliphatic carbocycles. The summed E-state index contributed by atoms with van der Waals surface area (Å²) in [6.07, 6.45) is 17.9. The molecule has 0 radical (unpaired) electrons.